The lowest BCUT2D eigenvalue weighted by Crippen LogP contribution is -2.08. The van der Waals surface area contributed by atoms with Gasteiger partial charge in [-0.1, -0.05) is 29.3 Å². The van der Waals surface area contributed by atoms with E-state index in [0.717, 1.165) is 16.8 Å². The number of rotatable bonds is 3. The number of fused-ring (bicyclic) bond motifs is 2. The Kier molecular flexibility index (Phi) is 4.49. The zero-order valence-electron chi connectivity index (χ0n) is 16.1. The van der Waals surface area contributed by atoms with Crippen LogP contribution in [0.15, 0.2) is 48.9 Å². The van der Waals surface area contributed by atoms with Crippen LogP contribution in [0.2, 0.25) is 10.0 Å². The lowest BCUT2D eigenvalue weighted by molar-refractivity contribution is 0.629. The van der Waals surface area contributed by atoms with Crippen molar-refractivity contribution in [3.05, 3.63) is 76.0 Å². The Hall–Kier alpha value is -2.96. The van der Waals surface area contributed by atoms with Gasteiger partial charge in [0.15, 0.2) is 0 Å². The summed E-state index contributed by atoms with van der Waals surface area (Å²) in [7, 11) is 0. The van der Waals surface area contributed by atoms with Crippen LogP contribution in [0, 0.1) is 12.7 Å². The Labute approximate surface area is 181 Å². The number of aryl methyl sites for hydroxylation is 1. The topological polar surface area (TPSA) is 59.4 Å². The summed E-state index contributed by atoms with van der Waals surface area (Å²) in [5.74, 6) is 0.233. The van der Waals surface area contributed by atoms with Crippen LogP contribution in [-0.2, 0) is 0 Å². The van der Waals surface area contributed by atoms with E-state index in [4.69, 9.17) is 23.2 Å². The molecule has 1 unspecified atom stereocenters. The fourth-order valence-electron chi connectivity index (χ4n) is 3.61. The summed E-state index contributed by atoms with van der Waals surface area (Å²) in [6, 6.07) is 8.34. The van der Waals surface area contributed by atoms with Gasteiger partial charge in [0, 0.05) is 24.2 Å². The van der Waals surface area contributed by atoms with Crippen LogP contribution in [0.3, 0.4) is 0 Å². The fraction of sp³-hybridized carbons (Fsp3) is 0.136. The third kappa shape index (κ3) is 3.04. The van der Waals surface area contributed by atoms with Gasteiger partial charge in [0.2, 0.25) is 0 Å². The van der Waals surface area contributed by atoms with Crippen LogP contribution >= 0.6 is 23.2 Å². The summed E-state index contributed by atoms with van der Waals surface area (Å²) in [6.45, 7) is 4.04. The van der Waals surface area contributed by atoms with Crippen molar-refractivity contribution < 1.29 is 4.39 Å². The van der Waals surface area contributed by atoms with Crippen molar-refractivity contribution in [1.82, 2.24) is 24.5 Å². The first-order valence-corrected chi connectivity index (χ1v) is 10.1. The highest BCUT2D eigenvalue weighted by molar-refractivity contribution is 6.45. The molecule has 0 aliphatic rings. The monoisotopic (exact) mass is 439 g/mol. The van der Waals surface area contributed by atoms with E-state index in [1.165, 1.54) is 18.3 Å². The molecule has 0 radical (unpaired) electrons. The molecule has 0 aliphatic carbocycles. The second-order valence-electron chi connectivity index (χ2n) is 7.25. The number of benzene rings is 1. The largest absolute Gasteiger partial charge is 0.338 e. The number of nitrogens with zero attached hydrogens (tertiary/aromatic N) is 4. The number of halogens is 3. The summed E-state index contributed by atoms with van der Waals surface area (Å²) in [6.07, 6.45) is 5.31. The molecule has 0 saturated carbocycles. The third-order valence-corrected chi connectivity index (χ3v) is 5.99. The summed E-state index contributed by atoms with van der Waals surface area (Å²) < 4.78 is 15.6. The molecule has 0 fully saturated rings. The minimum absolute atomic E-state index is 0.103. The van der Waals surface area contributed by atoms with Gasteiger partial charge in [-0.15, -0.1) is 0 Å². The molecular formula is C22H16Cl2FN5. The predicted molar refractivity (Wildman–Crippen MR) is 118 cm³/mol. The molecule has 0 bridgehead atoms. The zero-order chi connectivity index (χ0) is 21.0. The van der Waals surface area contributed by atoms with Crippen LogP contribution in [0.25, 0.3) is 33.5 Å². The van der Waals surface area contributed by atoms with E-state index in [-0.39, 0.29) is 11.9 Å². The van der Waals surface area contributed by atoms with E-state index in [9.17, 15) is 4.39 Å². The molecule has 30 heavy (non-hydrogen) atoms. The number of aromatic nitrogens is 5. The highest BCUT2D eigenvalue weighted by atomic mass is 35.5. The first kappa shape index (κ1) is 19.0. The van der Waals surface area contributed by atoms with Crippen molar-refractivity contribution >= 4 is 45.3 Å². The Balaban J connectivity index is 1.75. The standard InChI is InChI=1S/C22H16Cl2FN5/c1-11-3-5-16(26-8-11)12(2)30-10-14(19-20(24)15(23)9-27-22(19)30)21-28-17-6-4-13(25)7-18(17)29-21/h3-10,12H,1-2H3,(H,28,29). The lowest BCUT2D eigenvalue weighted by atomic mass is 10.2. The molecule has 5 aromatic rings. The highest BCUT2D eigenvalue weighted by Gasteiger charge is 2.22. The Bertz CT molecular complexity index is 1410. The maximum absolute atomic E-state index is 13.6. The molecule has 1 aromatic carbocycles. The Morgan fingerprint density at radius 1 is 1.10 bits per heavy atom. The molecule has 5 nitrogen and oxygen atoms in total. The number of hydrogen-bond donors (Lipinski definition) is 1. The number of imidazole rings is 1. The molecule has 4 aromatic heterocycles. The van der Waals surface area contributed by atoms with Gasteiger partial charge < -0.3 is 9.55 Å². The van der Waals surface area contributed by atoms with E-state index < -0.39 is 0 Å². The van der Waals surface area contributed by atoms with Gasteiger partial charge in [0.25, 0.3) is 0 Å². The first-order chi connectivity index (χ1) is 14.4. The van der Waals surface area contributed by atoms with Crippen LogP contribution in [0.5, 0.6) is 0 Å². The van der Waals surface area contributed by atoms with Crippen molar-refractivity contribution in [1.29, 1.82) is 0 Å². The van der Waals surface area contributed by atoms with E-state index >= 15 is 0 Å². The minimum Gasteiger partial charge on any atom is -0.338 e. The molecule has 1 N–H and O–H groups in total. The van der Waals surface area contributed by atoms with Gasteiger partial charge in [-0.2, -0.15) is 0 Å². The Morgan fingerprint density at radius 3 is 2.70 bits per heavy atom. The second kappa shape index (κ2) is 7.07. The SMILES string of the molecule is Cc1ccc(C(C)n2cc(-c3nc4ccc(F)cc4[nH]3)c3c(Cl)c(Cl)cnc32)nc1. The smallest absolute Gasteiger partial charge is 0.142 e. The summed E-state index contributed by atoms with van der Waals surface area (Å²) in [5, 5.41) is 1.43. The van der Waals surface area contributed by atoms with Crippen LogP contribution in [0.1, 0.15) is 24.2 Å². The van der Waals surface area contributed by atoms with E-state index in [0.29, 0.717) is 37.9 Å². The Morgan fingerprint density at radius 2 is 1.93 bits per heavy atom. The summed E-state index contributed by atoms with van der Waals surface area (Å²) >= 11 is 12.9. The van der Waals surface area contributed by atoms with Gasteiger partial charge in [-0.3, -0.25) is 4.98 Å². The van der Waals surface area contributed by atoms with E-state index in [1.54, 1.807) is 6.07 Å². The average Bonchev–Trinajstić information content (AvgIpc) is 3.32. The maximum Gasteiger partial charge on any atom is 0.142 e. The molecular weight excluding hydrogens is 424 g/mol. The lowest BCUT2D eigenvalue weighted by Gasteiger charge is -2.14. The normalized spacial score (nSPS) is 12.7. The molecule has 0 amide bonds. The van der Waals surface area contributed by atoms with Crippen LogP contribution in [-0.4, -0.2) is 24.5 Å². The summed E-state index contributed by atoms with van der Waals surface area (Å²) in [5.41, 5.74) is 4.65. The molecule has 150 valence electrons. The molecule has 4 heterocycles. The van der Waals surface area contributed by atoms with Gasteiger partial charge in [0.1, 0.15) is 17.3 Å². The molecule has 0 saturated heterocycles. The molecule has 0 aliphatic heterocycles. The number of pyridine rings is 2. The fourth-order valence-corrected chi connectivity index (χ4v) is 3.99. The van der Waals surface area contributed by atoms with Crippen LogP contribution < -0.4 is 0 Å². The van der Waals surface area contributed by atoms with Gasteiger partial charge >= 0.3 is 0 Å². The van der Waals surface area contributed by atoms with Gasteiger partial charge in [-0.25, -0.2) is 14.4 Å². The van der Waals surface area contributed by atoms with Gasteiger partial charge in [0.05, 0.1) is 38.2 Å². The number of hydrogen-bond acceptors (Lipinski definition) is 3. The third-order valence-electron chi connectivity index (χ3n) is 5.21. The van der Waals surface area contributed by atoms with Crippen molar-refractivity contribution in [2.24, 2.45) is 0 Å². The maximum atomic E-state index is 13.6. The van der Waals surface area contributed by atoms with Crippen molar-refractivity contribution in [2.75, 3.05) is 0 Å². The average molecular weight is 440 g/mol. The first-order valence-electron chi connectivity index (χ1n) is 9.35. The van der Waals surface area contributed by atoms with Crippen molar-refractivity contribution in [3.63, 3.8) is 0 Å². The van der Waals surface area contributed by atoms with E-state index in [2.05, 4.69) is 19.9 Å². The number of aromatic amines is 1. The molecule has 0 spiro atoms. The van der Waals surface area contributed by atoms with Gasteiger partial charge in [-0.05, 0) is 43.7 Å². The van der Waals surface area contributed by atoms with Crippen LogP contribution in [0.4, 0.5) is 4.39 Å². The number of nitrogens with one attached hydrogen (secondary N) is 1. The second-order valence-corrected chi connectivity index (χ2v) is 8.04. The quantitative estimate of drug-likeness (QED) is 0.356. The zero-order valence-corrected chi connectivity index (χ0v) is 17.6. The minimum atomic E-state index is -0.332. The summed E-state index contributed by atoms with van der Waals surface area (Å²) in [4.78, 5) is 16.9. The molecule has 5 rings (SSSR count). The van der Waals surface area contributed by atoms with Crippen molar-refractivity contribution in [2.45, 2.75) is 19.9 Å². The van der Waals surface area contributed by atoms with Crippen molar-refractivity contribution in [3.8, 4) is 11.4 Å². The highest BCUT2D eigenvalue weighted by Crippen LogP contribution is 2.39. The number of H-pyrrole nitrogens is 1. The predicted octanol–water partition coefficient (Wildman–Crippen LogP) is 6.34. The van der Waals surface area contributed by atoms with E-state index in [1.807, 2.05) is 42.9 Å². The molecule has 8 heteroatoms. The molecule has 1 atom stereocenters.